The summed E-state index contributed by atoms with van der Waals surface area (Å²) in [4.78, 5) is 13.3. The molecule has 3 aliphatic rings. The van der Waals surface area contributed by atoms with E-state index in [0.717, 1.165) is 28.5 Å². The highest BCUT2D eigenvalue weighted by atomic mass is 16.6. The lowest BCUT2D eigenvalue weighted by molar-refractivity contribution is -0.938. The number of esters is 1. The number of morpholine rings is 1. The number of quaternary nitrogens is 1. The maximum atomic E-state index is 13.3. The van der Waals surface area contributed by atoms with Gasteiger partial charge in [0.05, 0.1) is 20.2 Å². The van der Waals surface area contributed by atoms with Gasteiger partial charge >= 0.3 is 5.97 Å². The molecule has 5 nitrogen and oxygen atoms in total. The number of carbonyl (C=O) groups is 1. The molecule has 2 unspecified atom stereocenters. The Balaban J connectivity index is 1.37. The monoisotopic (exact) mass is 394 g/mol. The van der Waals surface area contributed by atoms with Crippen molar-refractivity contribution in [2.75, 3.05) is 14.1 Å². The minimum atomic E-state index is -0.949. The molecule has 2 bridgehead atoms. The molecule has 2 aromatic carbocycles. The van der Waals surface area contributed by atoms with Crippen LogP contribution in [0.3, 0.4) is 0 Å². The third-order valence-electron chi connectivity index (χ3n) is 7.19. The van der Waals surface area contributed by atoms with Gasteiger partial charge in [0.2, 0.25) is 0 Å². The predicted octanol–water partition coefficient (Wildman–Crippen LogP) is 2.80. The van der Waals surface area contributed by atoms with Crippen LogP contribution in [0.1, 0.15) is 36.0 Å². The van der Waals surface area contributed by atoms with E-state index in [4.69, 9.17) is 9.47 Å². The molecule has 5 rings (SSSR count). The van der Waals surface area contributed by atoms with E-state index >= 15 is 0 Å². The van der Waals surface area contributed by atoms with E-state index in [1.807, 2.05) is 60.7 Å². The highest BCUT2D eigenvalue weighted by Crippen LogP contribution is 2.51. The van der Waals surface area contributed by atoms with Crippen molar-refractivity contribution in [2.45, 2.75) is 55.3 Å². The first-order valence-corrected chi connectivity index (χ1v) is 10.4. The molecule has 1 N–H and O–H groups in total. The second-order valence-corrected chi connectivity index (χ2v) is 9.10. The second kappa shape index (κ2) is 6.94. The molecule has 0 saturated carbocycles. The van der Waals surface area contributed by atoms with Gasteiger partial charge in [0.25, 0.3) is 0 Å². The van der Waals surface area contributed by atoms with Crippen LogP contribution in [0, 0.1) is 0 Å². The predicted molar refractivity (Wildman–Crippen MR) is 108 cm³/mol. The maximum absolute atomic E-state index is 13.3. The van der Waals surface area contributed by atoms with Gasteiger partial charge in [0, 0.05) is 12.8 Å². The smallest absolute Gasteiger partial charge is 0.316 e. The van der Waals surface area contributed by atoms with Crippen LogP contribution in [0.5, 0.6) is 0 Å². The topological polar surface area (TPSA) is 59.1 Å². The number of likely N-dealkylation sites (N-methyl/N-ethyl adjacent to an activating group) is 1. The van der Waals surface area contributed by atoms with Crippen molar-refractivity contribution in [3.05, 3.63) is 71.8 Å². The Morgan fingerprint density at radius 1 is 0.966 bits per heavy atom. The Bertz CT molecular complexity index is 864. The van der Waals surface area contributed by atoms with E-state index in [-0.39, 0.29) is 12.1 Å². The molecule has 7 atom stereocenters. The van der Waals surface area contributed by atoms with Gasteiger partial charge in [-0.25, -0.2) is 0 Å². The van der Waals surface area contributed by atoms with Crippen LogP contribution in [0.2, 0.25) is 0 Å². The van der Waals surface area contributed by atoms with Gasteiger partial charge < -0.3 is 19.1 Å². The number of rotatable bonds is 5. The van der Waals surface area contributed by atoms with Crippen molar-refractivity contribution in [1.82, 2.24) is 0 Å². The van der Waals surface area contributed by atoms with Gasteiger partial charge in [0.15, 0.2) is 0 Å². The van der Waals surface area contributed by atoms with E-state index in [1.54, 1.807) is 0 Å². The first kappa shape index (κ1) is 18.8. The van der Waals surface area contributed by atoms with Crippen molar-refractivity contribution in [3.63, 3.8) is 0 Å². The first-order valence-electron chi connectivity index (χ1n) is 10.4. The molecule has 152 valence electrons. The van der Waals surface area contributed by atoms with E-state index in [0.29, 0.717) is 24.3 Å². The molecular formula is C24H28NO4+. The van der Waals surface area contributed by atoms with Gasteiger partial charge in [0.1, 0.15) is 36.3 Å². The third kappa shape index (κ3) is 3.18. The fraction of sp³-hybridized carbons (Fsp3) is 0.458. The maximum Gasteiger partial charge on any atom is 0.316 e. The van der Waals surface area contributed by atoms with Crippen LogP contribution in [0.4, 0.5) is 0 Å². The fourth-order valence-corrected chi connectivity index (χ4v) is 5.49. The van der Waals surface area contributed by atoms with E-state index in [9.17, 15) is 9.90 Å². The molecule has 0 amide bonds. The molecule has 3 saturated heterocycles. The molecule has 29 heavy (non-hydrogen) atoms. The molecule has 0 radical (unpaired) electrons. The Hall–Kier alpha value is -2.21. The zero-order chi connectivity index (χ0) is 20.2. The minimum Gasteiger partial charge on any atom is -0.461 e. The standard InChI is InChI=1S/C24H28NO4/c1-25(2)18-13-17(14-19(25)23-22(18)29-23)28-24(27)20(15-9-5-3-6-10-15)21(26)16-11-7-4-8-12-16/h3-12,17-23,26H,13-14H2,1-2H3/q+1/t17?,18-,19+,20-,21?,22+,23-/m0/s1. The van der Waals surface area contributed by atoms with Gasteiger partial charge in [-0.1, -0.05) is 60.7 Å². The number of benzene rings is 2. The Morgan fingerprint density at radius 2 is 1.48 bits per heavy atom. The van der Waals surface area contributed by atoms with Gasteiger partial charge in [-0.15, -0.1) is 0 Å². The number of hydrogen-bond acceptors (Lipinski definition) is 4. The van der Waals surface area contributed by atoms with Gasteiger partial charge in [-0.3, -0.25) is 4.79 Å². The minimum absolute atomic E-state index is 0.116. The zero-order valence-corrected chi connectivity index (χ0v) is 16.8. The number of fused-ring (bicyclic) bond motifs is 5. The molecule has 0 aromatic heterocycles. The summed E-state index contributed by atoms with van der Waals surface area (Å²) in [5.74, 6) is -1.09. The second-order valence-electron chi connectivity index (χ2n) is 9.10. The summed E-state index contributed by atoms with van der Waals surface area (Å²) in [7, 11) is 4.52. The molecule has 2 aromatic rings. The summed E-state index contributed by atoms with van der Waals surface area (Å²) in [5, 5.41) is 11.1. The average molecular weight is 394 g/mol. The number of ether oxygens (including phenoxy) is 2. The molecular weight excluding hydrogens is 366 g/mol. The molecule has 3 fully saturated rings. The number of aliphatic hydroxyl groups is 1. The van der Waals surface area contributed by atoms with Gasteiger partial charge in [-0.2, -0.15) is 0 Å². The largest absolute Gasteiger partial charge is 0.461 e. The van der Waals surface area contributed by atoms with Crippen LogP contribution >= 0.6 is 0 Å². The van der Waals surface area contributed by atoms with Gasteiger partial charge in [-0.05, 0) is 11.1 Å². The Kier molecular flexibility index (Phi) is 4.50. The third-order valence-corrected chi connectivity index (χ3v) is 7.19. The van der Waals surface area contributed by atoms with E-state index in [1.165, 1.54) is 0 Å². The summed E-state index contributed by atoms with van der Waals surface area (Å²) in [5.41, 5.74) is 1.49. The van der Waals surface area contributed by atoms with E-state index < -0.39 is 12.0 Å². The SMILES string of the molecule is C[N+]1(C)[C@@H]2CC(OC(=O)[C@@H](c3ccccc3)C(O)c3ccccc3)C[C@H]1[C@H]1O[C@H]12. The number of carbonyl (C=O) groups excluding carboxylic acids is 1. The van der Waals surface area contributed by atoms with Crippen molar-refractivity contribution >= 4 is 5.97 Å². The zero-order valence-electron chi connectivity index (χ0n) is 16.8. The lowest BCUT2D eigenvalue weighted by Crippen LogP contribution is -2.60. The van der Waals surface area contributed by atoms with Crippen LogP contribution in [-0.4, -0.2) is 60.0 Å². The molecule has 3 heterocycles. The fourth-order valence-electron chi connectivity index (χ4n) is 5.49. The lowest BCUT2D eigenvalue weighted by Gasteiger charge is -2.45. The van der Waals surface area contributed by atoms with Crippen molar-refractivity contribution in [2.24, 2.45) is 0 Å². The Labute approximate surface area is 171 Å². The lowest BCUT2D eigenvalue weighted by atomic mass is 9.89. The number of epoxide rings is 1. The van der Waals surface area contributed by atoms with Crippen LogP contribution < -0.4 is 0 Å². The number of piperidine rings is 1. The van der Waals surface area contributed by atoms with E-state index in [2.05, 4.69) is 14.1 Å². The Morgan fingerprint density at radius 3 is 2.03 bits per heavy atom. The highest BCUT2D eigenvalue weighted by Gasteiger charge is 2.70. The molecule has 0 spiro atoms. The highest BCUT2D eigenvalue weighted by molar-refractivity contribution is 5.79. The molecule has 0 aliphatic carbocycles. The number of aliphatic hydroxyl groups excluding tert-OH is 1. The normalized spacial score (nSPS) is 33.4. The summed E-state index contributed by atoms with van der Waals surface area (Å²) in [6.45, 7) is 0. The summed E-state index contributed by atoms with van der Waals surface area (Å²) in [6, 6.07) is 19.5. The van der Waals surface area contributed by atoms with Crippen LogP contribution in [0.15, 0.2) is 60.7 Å². The summed E-state index contributed by atoms with van der Waals surface area (Å²) < 4.78 is 12.8. The molecule has 3 aliphatic heterocycles. The number of nitrogens with zero attached hydrogens (tertiary/aromatic N) is 1. The quantitative estimate of drug-likeness (QED) is 0.481. The van der Waals surface area contributed by atoms with Crippen LogP contribution in [0.25, 0.3) is 0 Å². The summed E-state index contributed by atoms with van der Waals surface area (Å²) in [6.07, 6.45) is 1.21. The van der Waals surface area contributed by atoms with Crippen LogP contribution in [-0.2, 0) is 14.3 Å². The van der Waals surface area contributed by atoms with Crippen molar-refractivity contribution in [3.8, 4) is 0 Å². The molecule has 5 heteroatoms. The average Bonchev–Trinajstić information content (AvgIpc) is 3.48. The number of hydrogen-bond donors (Lipinski definition) is 1. The van der Waals surface area contributed by atoms with Crippen molar-refractivity contribution < 1.29 is 23.9 Å². The van der Waals surface area contributed by atoms with Crippen molar-refractivity contribution in [1.29, 1.82) is 0 Å². The summed E-state index contributed by atoms with van der Waals surface area (Å²) >= 11 is 0. The first-order chi connectivity index (χ1) is 14.0.